The molecule has 0 unspecified atom stereocenters. The zero-order chi connectivity index (χ0) is 38.7. The molecule has 4 aromatic carbocycles. The van der Waals surface area contributed by atoms with Crippen LogP contribution in [0.5, 0.6) is 11.5 Å². The van der Waals surface area contributed by atoms with Gasteiger partial charge in [0.2, 0.25) is 10.2 Å². The molecule has 0 atom stereocenters. The van der Waals surface area contributed by atoms with Gasteiger partial charge in [0.05, 0.1) is 32.1 Å². The van der Waals surface area contributed by atoms with Crippen molar-refractivity contribution in [2.45, 2.75) is 42.4 Å². The van der Waals surface area contributed by atoms with Crippen LogP contribution in [0, 0.1) is 6.92 Å². The molecule has 4 rings (SSSR count). The first-order chi connectivity index (χ1) is 26.1. The Morgan fingerprint density at radius 2 is 1.13 bits per heavy atom. The van der Waals surface area contributed by atoms with Crippen molar-refractivity contribution < 1.29 is 38.1 Å². The molecule has 0 aliphatic heterocycles. The Morgan fingerprint density at radius 3 is 1.61 bits per heavy atom. The molecule has 54 heavy (non-hydrogen) atoms. The number of esters is 2. The Kier molecular flexibility index (Phi) is 17.3. The maximum atomic E-state index is 13.0. The number of aryl methyl sites for hydroxylation is 1. The fourth-order valence-corrected chi connectivity index (χ4v) is 6.78. The number of hydrogen-bond acceptors (Lipinski definition) is 11. The lowest BCUT2D eigenvalue weighted by molar-refractivity contribution is -0.138. The summed E-state index contributed by atoms with van der Waals surface area (Å²) in [5.41, 5.74) is 3.67. The third-order valence-electron chi connectivity index (χ3n) is 7.50. The maximum Gasteiger partial charge on any atom is 0.330 e. The van der Waals surface area contributed by atoms with Crippen molar-refractivity contribution in [3.63, 3.8) is 0 Å². The predicted octanol–water partition coefficient (Wildman–Crippen LogP) is 10.1. The predicted molar refractivity (Wildman–Crippen MR) is 218 cm³/mol. The average Bonchev–Trinajstić information content (AvgIpc) is 3.18. The molecule has 0 spiro atoms. The summed E-state index contributed by atoms with van der Waals surface area (Å²) in [4.78, 5) is 54.3. The molecule has 0 amide bonds. The first-order valence-electron chi connectivity index (χ1n) is 17.1. The zero-order valence-electron chi connectivity index (χ0n) is 29.8. The molecule has 0 bridgehead atoms. The number of carbonyl (C=O) groups is 4. The highest BCUT2D eigenvalue weighted by molar-refractivity contribution is 9.10. The van der Waals surface area contributed by atoms with Gasteiger partial charge < -0.3 is 18.9 Å². The van der Waals surface area contributed by atoms with Gasteiger partial charge in [-0.15, -0.1) is 0 Å². The van der Waals surface area contributed by atoms with Crippen molar-refractivity contribution in [2.24, 2.45) is 4.99 Å². The number of ether oxygens (including phenoxy) is 4. The van der Waals surface area contributed by atoms with Gasteiger partial charge in [0.25, 0.3) is 0 Å². The number of nitrogens with zero attached hydrogens (tertiary/aromatic N) is 1. The van der Waals surface area contributed by atoms with Gasteiger partial charge in [-0.25, -0.2) is 9.59 Å². The molecular weight excluding hydrogens is 790 g/mol. The van der Waals surface area contributed by atoms with Crippen molar-refractivity contribution in [1.29, 1.82) is 0 Å². The van der Waals surface area contributed by atoms with Crippen molar-refractivity contribution in [2.75, 3.05) is 26.4 Å². The summed E-state index contributed by atoms with van der Waals surface area (Å²) in [5, 5.41) is -0.175. The fraction of sp³-hybridized carbons (Fsp3) is 0.214. The Hall–Kier alpha value is -4.91. The molecule has 0 aliphatic rings. The first kappa shape index (κ1) is 41.8. The van der Waals surface area contributed by atoms with Crippen LogP contribution in [0.4, 0.5) is 5.69 Å². The van der Waals surface area contributed by atoms with Crippen LogP contribution >= 0.6 is 39.5 Å². The first-order valence-corrected chi connectivity index (χ1v) is 19.5. The summed E-state index contributed by atoms with van der Waals surface area (Å²) in [6.45, 7) is 10.3. The second-order valence-corrected chi connectivity index (χ2v) is 14.5. The highest BCUT2D eigenvalue weighted by atomic mass is 79.9. The molecule has 0 saturated carbocycles. The largest absolute Gasteiger partial charge is 0.494 e. The van der Waals surface area contributed by atoms with Gasteiger partial charge in [-0.2, -0.15) is 0 Å². The summed E-state index contributed by atoms with van der Waals surface area (Å²) in [6.07, 6.45) is 6.85. The molecule has 0 heterocycles. The normalized spacial score (nSPS) is 10.8. The lowest BCUT2D eigenvalue weighted by Gasteiger charge is -2.08. The number of benzene rings is 4. The minimum atomic E-state index is -0.435. The SMILES string of the molecule is C=CC(=O)OCCCCOc1ccc(C(=O)Sc2ccc(C=Nc3ccc(SC(=O)c4ccc(OCCCCOC(=O)C=C)cc4)c(Br)c3)cc2C)cc1. The van der Waals surface area contributed by atoms with Crippen LogP contribution in [0.2, 0.25) is 0 Å². The Labute approximate surface area is 332 Å². The summed E-state index contributed by atoms with van der Waals surface area (Å²) in [5.74, 6) is 0.453. The topological polar surface area (TPSA) is 118 Å². The molecule has 12 heteroatoms. The van der Waals surface area contributed by atoms with Gasteiger partial charge in [0.15, 0.2) is 0 Å². The Bertz CT molecular complexity index is 1820. The molecule has 0 aromatic heterocycles. The van der Waals surface area contributed by atoms with Crippen LogP contribution in [-0.4, -0.2) is 54.8 Å². The maximum absolute atomic E-state index is 13.0. The van der Waals surface area contributed by atoms with E-state index >= 15 is 0 Å². The number of hydrogen-bond donors (Lipinski definition) is 0. The number of aliphatic imine (C=N–C) groups is 1. The average molecular weight is 831 g/mol. The highest BCUT2D eigenvalue weighted by Crippen LogP contribution is 2.34. The third-order valence-corrected chi connectivity index (χ3v) is 10.5. The molecule has 0 saturated heterocycles. The second-order valence-electron chi connectivity index (χ2n) is 11.6. The van der Waals surface area contributed by atoms with Crippen LogP contribution in [0.3, 0.4) is 0 Å². The number of carbonyl (C=O) groups excluding carboxylic acids is 4. The molecule has 9 nitrogen and oxygen atoms in total. The molecule has 0 aliphatic carbocycles. The van der Waals surface area contributed by atoms with Gasteiger partial charge >= 0.3 is 11.9 Å². The molecule has 0 fully saturated rings. The number of halogens is 1. The van der Waals surface area contributed by atoms with E-state index < -0.39 is 11.9 Å². The van der Waals surface area contributed by atoms with Crippen molar-refractivity contribution in [3.8, 4) is 11.5 Å². The van der Waals surface area contributed by atoms with E-state index in [0.29, 0.717) is 67.6 Å². The van der Waals surface area contributed by atoms with E-state index in [-0.39, 0.29) is 10.2 Å². The van der Waals surface area contributed by atoms with Crippen LogP contribution in [-0.2, 0) is 19.1 Å². The van der Waals surface area contributed by atoms with Crippen LogP contribution in [0.15, 0.2) is 129 Å². The van der Waals surface area contributed by atoms with E-state index in [1.54, 1.807) is 54.7 Å². The van der Waals surface area contributed by atoms with Gasteiger partial charge in [0, 0.05) is 43.8 Å². The number of thioether (sulfide) groups is 2. The van der Waals surface area contributed by atoms with E-state index in [1.807, 2.05) is 43.3 Å². The second kappa shape index (κ2) is 22.3. The van der Waals surface area contributed by atoms with Crippen molar-refractivity contribution in [1.82, 2.24) is 0 Å². The van der Waals surface area contributed by atoms with Crippen LogP contribution < -0.4 is 9.47 Å². The van der Waals surface area contributed by atoms with Crippen LogP contribution in [0.25, 0.3) is 0 Å². The zero-order valence-corrected chi connectivity index (χ0v) is 33.0. The van der Waals surface area contributed by atoms with E-state index in [4.69, 9.17) is 18.9 Å². The van der Waals surface area contributed by atoms with Gasteiger partial charge in [-0.1, -0.05) is 19.2 Å². The molecular formula is C42H40BrNO8S2. The quantitative estimate of drug-likeness (QED) is 0.0280. The number of rotatable bonds is 20. The molecule has 280 valence electrons. The molecule has 0 radical (unpaired) electrons. The lowest BCUT2D eigenvalue weighted by atomic mass is 10.1. The van der Waals surface area contributed by atoms with Gasteiger partial charge in [0.1, 0.15) is 11.5 Å². The van der Waals surface area contributed by atoms with E-state index in [2.05, 4.69) is 34.1 Å². The highest BCUT2D eigenvalue weighted by Gasteiger charge is 2.13. The summed E-state index contributed by atoms with van der Waals surface area (Å²) in [6, 6.07) is 25.4. The lowest BCUT2D eigenvalue weighted by Crippen LogP contribution is -2.04. The monoisotopic (exact) mass is 829 g/mol. The summed E-state index contributed by atoms with van der Waals surface area (Å²) in [7, 11) is 0. The Balaban J connectivity index is 1.22. The van der Waals surface area contributed by atoms with E-state index in [1.165, 1.54) is 11.8 Å². The van der Waals surface area contributed by atoms with Crippen molar-refractivity contribution in [3.05, 3.63) is 137 Å². The minimum Gasteiger partial charge on any atom is -0.494 e. The smallest absolute Gasteiger partial charge is 0.330 e. The standard InChI is InChI=1S/C42H40BrNO8S2/c1-4-39(45)51-24-8-6-22-49-34-16-11-31(12-17-34)41(47)53-37-20-10-30(26-29(37)3)28-44-33-15-21-38(36(43)27-33)54-42(48)32-13-18-35(19-14-32)50-23-7-9-25-52-40(46)5-2/h4-5,10-21,26-28H,1-2,6-9,22-25H2,3H3. The minimum absolute atomic E-state index is 0.0728. The third kappa shape index (κ3) is 14.1. The number of unbranched alkanes of at least 4 members (excludes halogenated alkanes) is 2. The van der Waals surface area contributed by atoms with Gasteiger partial charge in [-0.3, -0.25) is 14.6 Å². The van der Waals surface area contributed by atoms with E-state index in [0.717, 1.165) is 62.1 Å². The van der Waals surface area contributed by atoms with Crippen LogP contribution in [0.1, 0.15) is 57.5 Å². The summed E-state index contributed by atoms with van der Waals surface area (Å²) < 4.78 is 22.1. The summed E-state index contributed by atoms with van der Waals surface area (Å²) >= 11 is 5.87. The van der Waals surface area contributed by atoms with Gasteiger partial charge in [-0.05, 0) is 162 Å². The Morgan fingerprint density at radius 1 is 0.648 bits per heavy atom. The molecule has 0 N–H and O–H groups in total. The van der Waals surface area contributed by atoms with Crippen molar-refractivity contribution >= 4 is 73.5 Å². The fourth-order valence-electron chi connectivity index (χ4n) is 4.61. The molecule has 4 aromatic rings. The van der Waals surface area contributed by atoms with E-state index in [9.17, 15) is 19.2 Å².